The number of nitrogens with one attached hydrogen (secondary N) is 1. The molecule has 1 aromatic carbocycles. The van der Waals surface area contributed by atoms with Crippen molar-refractivity contribution in [2.75, 3.05) is 32.8 Å². The number of benzene rings is 1. The number of thioether (sulfide) groups is 1. The van der Waals surface area contributed by atoms with Crippen molar-refractivity contribution in [3.63, 3.8) is 0 Å². The van der Waals surface area contributed by atoms with E-state index < -0.39 is 0 Å². The van der Waals surface area contributed by atoms with Gasteiger partial charge in [-0.1, -0.05) is 29.8 Å². The van der Waals surface area contributed by atoms with Crippen LogP contribution >= 0.6 is 11.8 Å². The first-order valence-corrected chi connectivity index (χ1v) is 9.29. The summed E-state index contributed by atoms with van der Waals surface area (Å²) in [5, 5.41) is 1.45. The molecule has 3 rings (SSSR count). The molecule has 0 aromatic heterocycles. The molecule has 0 saturated carbocycles. The Morgan fingerprint density at radius 2 is 2.08 bits per heavy atom. The van der Waals surface area contributed by atoms with Gasteiger partial charge in [-0.15, -0.1) is 0 Å². The second kappa shape index (κ2) is 8.48. The predicted octanol–water partition coefficient (Wildman–Crippen LogP) is 1.78. The van der Waals surface area contributed by atoms with Crippen LogP contribution in [-0.4, -0.2) is 59.8 Å². The van der Waals surface area contributed by atoms with Crippen LogP contribution in [-0.2, 0) is 14.3 Å². The molecule has 2 aliphatic heterocycles. The number of imide groups is 1. The highest BCUT2D eigenvalue weighted by molar-refractivity contribution is 8.18. The van der Waals surface area contributed by atoms with Crippen molar-refractivity contribution in [3.8, 4) is 0 Å². The third-order valence-electron chi connectivity index (χ3n) is 4.07. The molecule has 1 N–H and O–H groups in total. The van der Waals surface area contributed by atoms with Crippen molar-refractivity contribution < 1.29 is 19.1 Å². The Balaban J connectivity index is 1.56. The average molecular weight is 375 g/mol. The first kappa shape index (κ1) is 18.6. The highest BCUT2D eigenvalue weighted by Gasteiger charge is 2.35. The molecule has 0 spiro atoms. The van der Waals surface area contributed by atoms with E-state index in [1.807, 2.05) is 31.2 Å². The third kappa shape index (κ3) is 4.72. The van der Waals surface area contributed by atoms with Crippen LogP contribution in [0, 0.1) is 6.92 Å². The van der Waals surface area contributed by atoms with Gasteiger partial charge in [0, 0.05) is 26.1 Å². The first-order valence-electron chi connectivity index (χ1n) is 8.47. The lowest BCUT2D eigenvalue weighted by molar-refractivity contribution is -0.128. The van der Waals surface area contributed by atoms with E-state index in [2.05, 4.69) is 5.43 Å². The second-order valence-corrected chi connectivity index (χ2v) is 7.13. The third-order valence-corrected chi connectivity index (χ3v) is 4.98. The molecule has 0 unspecified atom stereocenters. The van der Waals surface area contributed by atoms with Crippen molar-refractivity contribution in [3.05, 3.63) is 40.3 Å². The Labute approximate surface area is 156 Å². The molecule has 1 aromatic rings. The summed E-state index contributed by atoms with van der Waals surface area (Å²) in [7, 11) is 0. The van der Waals surface area contributed by atoms with Gasteiger partial charge >= 0.3 is 0 Å². The van der Waals surface area contributed by atoms with Gasteiger partial charge in [-0.05, 0) is 30.3 Å². The van der Waals surface area contributed by atoms with E-state index in [-0.39, 0.29) is 30.0 Å². The summed E-state index contributed by atoms with van der Waals surface area (Å²) in [4.78, 5) is 38.1. The molecular formula is C18H21N3O4S. The number of nitrogens with zero attached hydrogens (tertiary/aromatic N) is 2. The minimum absolute atomic E-state index is 0.0754. The quantitative estimate of drug-likeness (QED) is 0.791. The topological polar surface area (TPSA) is 79.0 Å². The van der Waals surface area contributed by atoms with Crippen molar-refractivity contribution >= 4 is 34.9 Å². The van der Waals surface area contributed by atoms with Crippen LogP contribution < -0.4 is 5.43 Å². The van der Waals surface area contributed by atoms with Gasteiger partial charge in [0.1, 0.15) is 0 Å². The van der Waals surface area contributed by atoms with Gasteiger partial charge in [-0.2, -0.15) is 0 Å². The second-order valence-electron chi connectivity index (χ2n) is 6.13. The van der Waals surface area contributed by atoms with Crippen LogP contribution in [0.15, 0.2) is 29.2 Å². The maximum absolute atomic E-state index is 12.5. The maximum Gasteiger partial charge on any atom is 0.293 e. The molecule has 0 atom stereocenters. The normalized spacial score (nSPS) is 20.0. The lowest BCUT2D eigenvalue weighted by atomic mass is 10.1. The number of hydrazine groups is 1. The summed E-state index contributed by atoms with van der Waals surface area (Å²) >= 11 is 0.910. The molecule has 138 valence electrons. The Bertz CT molecular complexity index is 744. The minimum atomic E-state index is -0.347. The van der Waals surface area contributed by atoms with Crippen LogP contribution in [0.2, 0.25) is 0 Å². The van der Waals surface area contributed by atoms with Crippen molar-refractivity contribution in [1.82, 2.24) is 15.3 Å². The van der Waals surface area contributed by atoms with Gasteiger partial charge in [-0.25, -0.2) is 5.01 Å². The number of aryl methyl sites for hydroxylation is 1. The van der Waals surface area contributed by atoms with Gasteiger partial charge in [0.2, 0.25) is 5.91 Å². The van der Waals surface area contributed by atoms with Gasteiger partial charge in [0.25, 0.3) is 11.1 Å². The summed E-state index contributed by atoms with van der Waals surface area (Å²) in [6.07, 6.45) is 1.79. The van der Waals surface area contributed by atoms with Crippen molar-refractivity contribution in [2.45, 2.75) is 13.3 Å². The summed E-state index contributed by atoms with van der Waals surface area (Å²) in [6.45, 7) is 4.46. The smallest absolute Gasteiger partial charge is 0.293 e. The highest BCUT2D eigenvalue weighted by Crippen LogP contribution is 2.32. The molecule has 0 radical (unpaired) electrons. The molecule has 2 heterocycles. The minimum Gasteiger partial charge on any atom is -0.379 e. The van der Waals surface area contributed by atoms with Gasteiger partial charge in [-0.3, -0.25) is 24.7 Å². The number of carbonyl (C=O) groups excluding carboxylic acids is 3. The van der Waals surface area contributed by atoms with Crippen molar-refractivity contribution in [2.24, 2.45) is 0 Å². The standard InChI is InChI=1S/C18H21N3O4S/c1-13-3-2-4-14(11-13)12-15-17(23)21(18(24)26-15)6-5-16(22)19-20-7-9-25-10-8-20/h2-4,11-12H,5-10H2,1H3,(H,19,22)/b15-12+. The Morgan fingerprint density at radius 3 is 2.81 bits per heavy atom. The van der Waals surface area contributed by atoms with Crippen LogP contribution in [0.5, 0.6) is 0 Å². The number of amides is 3. The summed E-state index contributed by atoms with van der Waals surface area (Å²) in [5.74, 6) is -0.561. The van der Waals surface area contributed by atoms with E-state index in [1.54, 1.807) is 11.1 Å². The van der Waals surface area contributed by atoms with Gasteiger partial charge in [0.15, 0.2) is 0 Å². The molecule has 7 nitrogen and oxygen atoms in total. The van der Waals surface area contributed by atoms with E-state index in [9.17, 15) is 14.4 Å². The average Bonchev–Trinajstić information content (AvgIpc) is 2.87. The van der Waals surface area contributed by atoms with Gasteiger partial charge < -0.3 is 4.74 Å². The first-order chi connectivity index (χ1) is 12.5. The van der Waals surface area contributed by atoms with Crippen LogP contribution in [0.3, 0.4) is 0 Å². The Hall–Kier alpha value is -2.16. The lowest BCUT2D eigenvalue weighted by Gasteiger charge is -2.27. The van der Waals surface area contributed by atoms with E-state index in [1.165, 1.54) is 0 Å². The Kier molecular flexibility index (Phi) is 6.08. The fraction of sp³-hybridized carbons (Fsp3) is 0.389. The molecule has 0 aliphatic carbocycles. The van der Waals surface area contributed by atoms with Crippen LogP contribution in [0.4, 0.5) is 4.79 Å². The van der Waals surface area contributed by atoms with Crippen molar-refractivity contribution in [1.29, 1.82) is 0 Å². The molecule has 2 saturated heterocycles. The molecule has 8 heteroatoms. The van der Waals surface area contributed by atoms with Crippen LogP contribution in [0.25, 0.3) is 6.08 Å². The maximum atomic E-state index is 12.5. The zero-order chi connectivity index (χ0) is 18.5. The number of hydrogen-bond acceptors (Lipinski definition) is 6. The lowest BCUT2D eigenvalue weighted by Crippen LogP contribution is -2.49. The molecular weight excluding hydrogens is 354 g/mol. The van der Waals surface area contributed by atoms with E-state index in [0.717, 1.165) is 27.8 Å². The van der Waals surface area contributed by atoms with Gasteiger partial charge in [0.05, 0.1) is 18.1 Å². The Morgan fingerprint density at radius 1 is 1.31 bits per heavy atom. The number of hydrogen-bond donors (Lipinski definition) is 1. The molecule has 3 amide bonds. The van der Waals surface area contributed by atoms with E-state index in [4.69, 9.17) is 4.74 Å². The summed E-state index contributed by atoms with van der Waals surface area (Å²) in [6, 6.07) is 7.71. The van der Waals surface area contributed by atoms with E-state index >= 15 is 0 Å². The van der Waals surface area contributed by atoms with E-state index in [0.29, 0.717) is 31.2 Å². The summed E-state index contributed by atoms with van der Waals surface area (Å²) < 4.78 is 5.22. The molecule has 0 bridgehead atoms. The summed E-state index contributed by atoms with van der Waals surface area (Å²) in [5.41, 5.74) is 4.73. The SMILES string of the molecule is Cc1cccc(/C=C2/SC(=O)N(CCC(=O)NN3CCOCC3)C2=O)c1. The predicted molar refractivity (Wildman–Crippen MR) is 99.0 cm³/mol. The van der Waals surface area contributed by atoms with Crippen LogP contribution in [0.1, 0.15) is 17.5 Å². The molecule has 26 heavy (non-hydrogen) atoms. The number of morpholine rings is 1. The number of ether oxygens (including phenoxy) is 1. The molecule has 2 aliphatic rings. The fourth-order valence-electron chi connectivity index (χ4n) is 2.72. The number of carbonyl (C=O) groups is 3. The fourth-order valence-corrected chi connectivity index (χ4v) is 3.59. The zero-order valence-electron chi connectivity index (χ0n) is 14.6. The highest BCUT2D eigenvalue weighted by atomic mass is 32.2. The largest absolute Gasteiger partial charge is 0.379 e. The molecule has 2 fully saturated rings. The zero-order valence-corrected chi connectivity index (χ0v) is 15.4. The number of rotatable bonds is 5. The monoisotopic (exact) mass is 375 g/mol.